The zero-order chi connectivity index (χ0) is 29.5. The normalized spacial score (nSPS) is 12.3. The second-order valence-electron chi connectivity index (χ2n) is 8.34. The lowest BCUT2D eigenvalue weighted by Crippen LogP contribution is -2.50. The number of carbonyl (C=O) groups excluding carboxylic acids is 2. The van der Waals surface area contributed by atoms with Crippen LogP contribution in [-0.2, 0) is 5.67 Å². The lowest BCUT2D eigenvalue weighted by atomic mass is 9.90. The highest BCUT2D eigenvalue weighted by atomic mass is 35.5. The zero-order valence-corrected chi connectivity index (χ0v) is 20.5. The molecule has 14 heteroatoms. The molecule has 2 amide bonds. The third kappa shape index (κ3) is 5.68. The van der Waals surface area contributed by atoms with Gasteiger partial charge in [-0.2, -0.15) is 26.3 Å². The summed E-state index contributed by atoms with van der Waals surface area (Å²) in [6.45, 7) is 2.05. The Hall–Kier alpha value is -3.74. The number of nitrogens with one attached hydrogen (secondary N) is 2. The number of hydrogen-bond acceptors (Lipinski definition) is 2. The Morgan fingerprint density at radius 2 is 1.28 bits per heavy atom. The Bertz CT molecular complexity index is 1420. The summed E-state index contributed by atoms with van der Waals surface area (Å²) in [6.07, 6.45) is -12.7. The number of anilines is 2. The molecule has 3 aromatic carbocycles. The maximum absolute atomic E-state index is 15.1. The highest BCUT2D eigenvalue weighted by Gasteiger charge is 2.73. The number of amides is 2. The fourth-order valence-electron chi connectivity index (χ4n) is 3.70. The van der Waals surface area contributed by atoms with Crippen molar-refractivity contribution < 1.29 is 49.1 Å². The summed E-state index contributed by atoms with van der Waals surface area (Å²) in [5.74, 6) is -4.09. The molecule has 0 radical (unpaired) electrons. The van der Waals surface area contributed by atoms with Crippen LogP contribution in [0.4, 0.5) is 50.9 Å². The maximum atomic E-state index is 15.1. The van der Waals surface area contributed by atoms with Gasteiger partial charge in [-0.05, 0) is 55.3 Å². The van der Waals surface area contributed by atoms with Crippen LogP contribution in [-0.4, -0.2) is 24.2 Å². The molecule has 3 rings (SSSR count). The van der Waals surface area contributed by atoms with E-state index in [1.54, 1.807) is 0 Å². The van der Waals surface area contributed by atoms with E-state index >= 15 is 4.39 Å². The van der Waals surface area contributed by atoms with Crippen molar-refractivity contribution >= 4 is 34.8 Å². The molecule has 0 spiro atoms. The van der Waals surface area contributed by atoms with Crippen molar-refractivity contribution in [1.29, 1.82) is 0 Å². The largest absolute Gasteiger partial charge is 0.435 e. The lowest BCUT2D eigenvalue weighted by Gasteiger charge is -2.31. The molecule has 39 heavy (non-hydrogen) atoms. The van der Waals surface area contributed by atoms with Gasteiger partial charge in [0.1, 0.15) is 5.82 Å². The Morgan fingerprint density at radius 3 is 1.79 bits per heavy atom. The molecule has 0 atom stereocenters. The quantitative estimate of drug-likeness (QED) is 0.299. The van der Waals surface area contributed by atoms with Crippen LogP contribution in [0.3, 0.4) is 0 Å². The van der Waals surface area contributed by atoms with E-state index in [4.69, 9.17) is 11.6 Å². The first-order valence-electron chi connectivity index (χ1n) is 10.7. The Balaban J connectivity index is 1.92. The summed E-state index contributed by atoms with van der Waals surface area (Å²) in [5.41, 5.74) is -9.81. The molecule has 0 aliphatic rings. The molecule has 0 aliphatic carbocycles. The van der Waals surface area contributed by atoms with Gasteiger partial charge in [0.05, 0.1) is 21.8 Å². The molecular formula is C25H16ClF9N2O2. The summed E-state index contributed by atoms with van der Waals surface area (Å²) >= 11 is 5.81. The van der Waals surface area contributed by atoms with Crippen molar-refractivity contribution in [2.45, 2.75) is 31.9 Å². The van der Waals surface area contributed by atoms with Gasteiger partial charge in [0.2, 0.25) is 0 Å². The number of aryl methyl sites for hydroxylation is 2. The fraction of sp³-hybridized carbons (Fsp3) is 0.200. The predicted molar refractivity (Wildman–Crippen MR) is 125 cm³/mol. The molecule has 0 saturated heterocycles. The van der Waals surface area contributed by atoms with Gasteiger partial charge in [-0.15, -0.1) is 0 Å². The molecule has 0 bridgehead atoms. The highest BCUT2D eigenvalue weighted by molar-refractivity contribution is 6.34. The van der Waals surface area contributed by atoms with Crippen LogP contribution in [0.5, 0.6) is 0 Å². The number of halogens is 10. The van der Waals surface area contributed by atoms with Gasteiger partial charge < -0.3 is 10.6 Å². The molecular weight excluding hydrogens is 567 g/mol. The van der Waals surface area contributed by atoms with Crippen molar-refractivity contribution in [2.75, 3.05) is 10.6 Å². The van der Waals surface area contributed by atoms with Crippen LogP contribution in [0.2, 0.25) is 5.02 Å². The minimum Gasteiger partial charge on any atom is -0.321 e. The molecule has 208 valence electrons. The fourth-order valence-corrected chi connectivity index (χ4v) is 3.95. The van der Waals surface area contributed by atoms with Gasteiger partial charge in [-0.25, -0.2) is 13.2 Å². The second-order valence-corrected chi connectivity index (χ2v) is 8.75. The van der Waals surface area contributed by atoms with E-state index in [1.165, 1.54) is 6.07 Å². The zero-order valence-electron chi connectivity index (χ0n) is 19.7. The molecule has 0 aliphatic heterocycles. The van der Waals surface area contributed by atoms with Crippen molar-refractivity contribution in [3.05, 3.63) is 93.0 Å². The number of hydrogen-bond donors (Lipinski definition) is 2. The van der Waals surface area contributed by atoms with E-state index in [1.807, 2.05) is 0 Å². The van der Waals surface area contributed by atoms with Crippen LogP contribution < -0.4 is 10.6 Å². The predicted octanol–water partition coefficient (Wildman–Crippen LogP) is 8.03. The SMILES string of the molecule is Cc1cc(C(F)(C(F)(F)F)C(F)(F)F)cc(C)c1NC(=O)c1cccc(NC(=O)c2ccc(F)cc2Cl)c1F. The van der Waals surface area contributed by atoms with Gasteiger partial charge in [-0.1, -0.05) is 29.8 Å². The Morgan fingerprint density at radius 1 is 0.744 bits per heavy atom. The minimum absolute atomic E-state index is 0.208. The van der Waals surface area contributed by atoms with Gasteiger partial charge in [-0.3, -0.25) is 9.59 Å². The summed E-state index contributed by atoms with van der Waals surface area (Å²) in [6, 6.07) is 6.64. The Labute approximate surface area is 219 Å². The minimum atomic E-state index is -6.33. The molecule has 4 nitrogen and oxygen atoms in total. The van der Waals surface area contributed by atoms with Crippen LogP contribution in [0.1, 0.15) is 37.4 Å². The molecule has 0 heterocycles. The van der Waals surface area contributed by atoms with E-state index in [-0.39, 0.29) is 39.5 Å². The molecule has 0 fully saturated rings. The van der Waals surface area contributed by atoms with Crippen molar-refractivity contribution in [1.82, 2.24) is 0 Å². The summed E-state index contributed by atoms with van der Waals surface area (Å²) in [4.78, 5) is 25.2. The van der Waals surface area contributed by atoms with Crippen molar-refractivity contribution in [3.63, 3.8) is 0 Å². The van der Waals surface area contributed by atoms with E-state index in [0.717, 1.165) is 44.2 Å². The third-order valence-corrected chi connectivity index (χ3v) is 5.93. The highest BCUT2D eigenvalue weighted by Crippen LogP contribution is 2.53. The van der Waals surface area contributed by atoms with Gasteiger partial charge >= 0.3 is 18.0 Å². The number of rotatable bonds is 5. The third-order valence-electron chi connectivity index (χ3n) is 5.62. The summed E-state index contributed by atoms with van der Waals surface area (Å²) in [5, 5.41) is 4.07. The van der Waals surface area contributed by atoms with Crippen molar-refractivity contribution in [2.24, 2.45) is 0 Å². The first-order chi connectivity index (χ1) is 17.9. The number of benzene rings is 3. The first-order valence-corrected chi connectivity index (χ1v) is 11.1. The van der Waals surface area contributed by atoms with Crippen LogP contribution in [0.25, 0.3) is 0 Å². The van der Waals surface area contributed by atoms with Crippen LogP contribution in [0.15, 0.2) is 48.5 Å². The van der Waals surface area contributed by atoms with Gasteiger partial charge in [0, 0.05) is 11.3 Å². The smallest absolute Gasteiger partial charge is 0.321 e. The summed E-state index contributed by atoms with van der Waals surface area (Å²) in [7, 11) is 0. The molecule has 0 saturated carbocycles. The number of carbonyl (C=O) groups is 2. The van der Waals surface area contributed by atoms with Crippen LogP contribution >= 0.6 is 11.6 Å². The van der Waals surface area contributed by atoms with E-state index < -0.39 is 58.3 Å². The molecule has 0 unspecified atom stereocenters. The average Bonchev–Trinajstić information content (AvgIpc) is 2.80. The maximum Gasteiger partial charge on any atom is 0.435 e. The Kier molecular flexibility index (Phi) is 7.98. The lowest BCUT2D eigenvalue weighted by molar-refractivity contribution is -0.348. The van der Waals surface area contributed by atoms with Gasteiger partial charge in [0.15, 0.2) is 5.82 Å². The number of alkyl halides is 7. The van der Waals surface area contributed by atoms with Crippen molar-refractivity contribution in [3.8, 4) is 0 Å². The molecule has 3 aromatic rings. The van der Waals surface area contributed by atoms with Crippen LogP contribution in [0, 0.1) is 25.5 Å². The topological polar surface area (TPSA) is 58.2 Å². The molecule has 0 aromatic heterocycles. The van der Waals surface area contributed by atoms with Gasteiger partial charge in [0.25, 0.3) is 11.8 Å². The van der Waals surface area contributed by atoms with E-state index in [2.05, 4.69) is 10.6 Å². The molecule has 2 N–H and O–H groups in total. The second kappa shape index (κ2) is 10.4. The average molecular weight is 583 g/mol. The monoisotopic (exact) mass is 582 g/mol. The van der Waals surface area contributed by atoms with E-state index in [9.17, 15) is 44.7 Å². The standard InChI is InChI=1S/C25H16ClF9N2O2/c1-11-8-13(23(29,24(30,31)32)25(33,34)35)9-12(2)20(11)37-22(39)16-4-3-5-18(19(16)28)36-21(38)15-7-6-14(27)10-17(15)26/h3-10H,1-2H3,(H,36,38)(H,37,39). The van der Waals surface area contributed by atoms with E-state index in [0.29, 0.717) is 0 Å². The summed E-state index contributed by atoms with van der Waals surface area (Å²) < 4.78 is 122. The first kappa shape index (κ1) is 29.8.